The van der Waals surface area contributed by atoms with Crippen molar-refractivity contribution >= 4 is 19.7 Å². The summed E-state index contributed by atoms with van der Waals surface area (Å²) in [5.74, 6) is -0.540. The lowest BCUT2D eigenvalue weighted by atomic mass is 10.0. The Morgan fingerprint density at radius 2 is 0.905 bits per heavy atom. The second-order valence-electron chi connectivity index (χ2n) is 16.4. The summed E-state index contributed by atoms with van der Waals surface area (Å²) in [6.07, 6.45) is 62.3. The number of carbonyl (C=O) groups is 2. The number of allylic oxidation sites excluding steroid dienone is 14. The van der Waals surface area contributed by atoms with E-state index in [9.17, 15) is 24.2 Å². The number of rotatable bonds is 46. The molecule has 3 N–H and O–H groups in total. The number of phosphoric acid groups is 1. The van der Waals surface area contributed by atoms with Gasteiger partial charge < -0.3 is 20.1 Å². The van der Waals surface area contributed by atoms with Crippen LogP contribution in [0.3, 0.4) is 0 Å². The molecule has 0 aliphatic rings. The van der Waals surface area contributed by atoms with Crippen molar-refractivity contribution in [3.8, 4) is 0 Å². The maximum absolute atomic E-state index is 12.1. The van der Waals surface area contributed by atoms with E-state index in [4.69, 9.17) is 13.8 Å². The number of esters is 1. The van der Waals surface area contributed by atoms with Crippen LogP contribution in [-0.4, -0.2) is 54.3 Å². The molecule has 0 bridgehead atoms. The van der Waals surface area contributed by atoms with E-state index in [1.807, 2.05) is 0 Å². The lowest BCUT2D eigenvalue weighted by Gasteiger charge is -2.15. The van der Waals surface area contributed by atoms with Gasteiger partial charge in [-0.05, 0) is 89.9 Å². The monoisotopic (exact) mass is 902 g/mol. The number of hydrogen-bond acceptors (Lipinski definition) is 7. The van der Waals surface area contributed by atoms with Crippen LogP contribution in [0, 0.1) is 0 Å². The summed E-state index contributed by atoms with van der Waals surface area (Å²) in [6.45, 7) is 3.39. The predicted molar refractivity (Wildman–Crippen MR) is 266 cm³/mol. The van der Waals surface area contributed by atoms with Crippen LogP contribution >= 0.6 is 7.82 Å². The molecule has 9 nitrogen and oxygen atoms in total. The van der Waals surface area contributed by atoms with Gasteiger partial charge in [0.05, 0.1) is 13.2 Å². The first-order valence-electron chi connectivity index (χ1n) is 25.1. The van der Waals surface area contributed by atoms with Gasteiger partial charge in [0.1, 0.15) is 12.7 Å². The first-order valence-corrected chi connectivity index (χ1v) is 26.6. The summed E-state index contributed by atoms with van der Waals surface area (Å²) in [4.78, 5) is 34.1. The number of unbranched alkanes of at least 4 members (excludes halogenated alkanes) is 19. The van der Waals surface area contributed by atoms with Crippen molar-refractivity contribution in [3.63, 3.8) is 0 Å². The lowest BCUT2D eigenvalue weighted by Crippen LogP contribution is -2.27. The number of amides is 1. The molecular formula is C53H92NO8P. The van der Waals surface area contributed by atoms with Crippen molar-refractivity contribution in [2.45, 2.75) is 213 Å². The molecule has 1 amide bonds. The molecular weight excluding hydrogens is 810 g/mol. The highest BCUT2D eigenvalue weighted by atomic mass is 31.2. The van der Waals surface area contributed by atoms with Crippen molar-refractivity contribution in [1.82, 2.24) is 5.32 Å². The molecule has 63 heavy (non-hydrogen) atoms. The minimum absolute atomic E-state index is 0.0661. The van der Waals surface area contributed by atoms with Crippen molar-refractivity contribution in [2.75, 3.05) is 26.4 Å². The molecule has 0 fully saturated rings. The Bertz CT molecular complexity index is 1300. The number of aliphatic hydroxyl groups excluding tert-OH is 1. The average molecular weight is 902 g/mol. The molecule has 0 aromatic rings. The molecule has 0 aliphatic carbocycles. The van der Waals surface area contributed by atoms with Gasteiger partial charge in [-0.2, -0.15) is 0 Å². The van der Waals surface area contributed by atoms with Gasteiger partial charge in [-0.25, -0.2) is 4.57 Å². The third kappa shape index (κ3) is 50.1. The SMILES string of the molecule is CC/C=C\C/C=C\C/C=C\C/C=C\C/C=C\CCCCCCCC(=O)NCCOP(=O)(O)OCC(O)COC(=O)CCCCCCCCCCCCC/C=C\C/C=C\CCCCC. The van der Waals surface area contributed by atoms with E-state index in [1.54, 1.807) is 0 Å². The standard InChI is InChI=1S/C53H92NO8P/c1-3-5-7-9-11-13-15-17-19-21-23-25-27-29-31-33-35-37-39-41-43-45-52(56)54-47-48-61-63(58,59)62-50-51(55)49-60-53(57)46-44-42-40-38-36-34-32-30-28-26-24-22-20-18-16-14-12-10-8-6-4-2/h5,7,11-14,17-20,23,25,29,31,51,55H,3-4,6,8-10,15-16,21-22,24,26-28,30,32-50H2,1-2H3,(H,54,56)(H,58,59)/b7-5-,13-11-,14-12-,19-17-,20-18-,25-23-,31-29-. The molecule has 2 unspecified atom stereocenters. The van der Waals surface area contributed by atoms with Crippen LogP contribution in [0.4, 0.5) is 0 Å². The van der Waals surface area contributed by atoms with E-state index in [0.717, 1.165) is 96.3 Å². The molecule has 10 heteroatoms. The normalized spacial score (nSPS) is 13.9. The third-order valence-electron chi connectivity index (χ3n) is 10.3. The second-order valence-corrected chi connectivity index (χ2v) is 17.9. The largest absolute Gasteiger partial charge is 0.472 e. The van der Waals surface area contributed by atoms with Gasteiger partial charge in [0, 0.05) is 19.4 Å². The number of nitrogens with one attached hydrogen (secondary N) is 1. The van der Waals surface area contributed by atoms with E-state index < -0.39 is 26.5 Å². The van der Waals surface area contributed by atoms with Crippen LogP contribution < -0.4 is 5.32 Å². The lowest BCUT2D eigenvalue weighted by molar-refractivity contribution is -0.147. The molecule has 0 rings (SSSR count). The van der Waals surface area contributed by atoms with Crippen LogP contribution in [0.25, 0.3) is 0 Å². The van der Waals surface area contributed by atoms with Crippen molar-refractivity contribution < 1.29 is 37.9 Å². The van der Waals surface area contributed by atoms with E-state index in [-0.39, 0.29) is 32.1 Å². The number of aliphatic hydroxyl groups is 1. The van der Waals surface area contributed by atoms with Gasteiger partial charge in [0.15, 0.2) is 0 Å². The van der Waals surface area contributed by atoms with Crippen molar-refractivity contribution in [1.29, 1.82) is 0 Å². The minimum atomic E-state index is -4.43. The predicted octanol–water partition coefficient (Wildman–Crippen LogP) is 14.8. The first kappa shape index (κ1) is 60.2. The Labute approximate surface area is 385 Å². The number of carbonyl (C=O) groups excluding carboxylic acids is 2. The Morgan fingerprint density at radius 1 is 0.508 bits per heavy atom. The zero-order valence-electron chi connectivity index (χ0n) is 40.0. The maximum atomic E-state index is 12.1. The highest BCUT2D eigenvalue weighted by Crippen LogP contribution is 2.42. The molecule has 0 saturated heterocycles. The molecule has 0 aromatic carbocycles. The van der Waals surface area contributed by atoms with E-state index >= 15 is 0 Å². The minimum Gasteiger partial charge on any atom is -0.463 e. The summed E-state index contributed by atoms with van der Waals surface area (Å²) >= 11 is 0. The zero-order chi connectivity index (χ0) is 46.0. The second kappa shape index (κ2) is 48.6. The Balaban J connectivity index is 3.62. The van der Waals surface area contributed by atoms with Crippen molar-refractivity contribution in [2.24, 2.45) is 0 Å². The Kier molecular flexibility index (Phi) is 46.5. The van der Waals surface area contributed by atoms with Gasteiger partial charge in [-0.15, -0.1) is 0 Å². The highest BCUT2D eigenvalue weighted by molar-refractivity contribution is 7.47. The van der Waals surface area contributed by atoms with Gasteiger partial charge in [-0.3, -0.25) is 18.6 Å². The van der Waals surface area contributed by atoms with Crippen LogP contribution in [0.15, 0.2) is 85.1 Å². The van der Waals surface area contributed by atoms with Gasteiger partial charge in [0.25, 0.3) is 0 Å². The van der Waals surface area contributed by atoms with Gasteiger partial charge >= 0.3 is 13.8 Å². The van der Waals surface area contributed by atoms with Crippen LogP contribution in [0.5, 0.6) is 0 Å². The van der Waals surface area contributed by atoms with E-state index in [2.05, 4.69) is 104 Å². The van der Waals surface area contributed by atoms with E-state index in [0.29, 0.717) is 6.42 Å². The average Bonchev–Trinajstić information content (AvgIpc) is 3.27. The topological polar surface area (TPSA) is 131 Å². The van der Waals surface area contributed by atoms with Crippen LogP contribution in [-0.2, 0) is 27.9 Å². The van der Waals surface area contributed by atoms with Crippen LogP contribution in [0.2, 0.25) is 0 Å². The fourth-order valence-corrected chi connectivity index (χ4v) is 7.31. The molecule has 0 heterocycles. The first-order chi connectivity index (χ1) is 30.8. The fourth-order valence-electron chi connectivity index (χ4n) is 6.55. The summed E-state index contributed by atoms with van der Waals surface area (Å²) in [5.41, 5.74) is 0. The maximum Gasteiger partial charge on any atom is 0.472 e. The third-order valence-corrected chi connectivity index (χ3v) is 11.3. The molecule has 0 spiro atoms. The number of hydrogen-bond donors (Lipinski definition) is 3. The number of phosphoric ester groups is 1. The molecule has 362 valence electrons. The van der Waals surface area contributed by atoms with E-state index in [1.165, 1.54) is 83.5 Å². The fraction of sp³-hybridized carbons (Fsp3) is 0.698. The van der Waals surface area contributed by atoms with Crippen molar-refractivity contribution in [3.05, 3.63) is 85.1 Å². The quantitative estimate of drug-likeness (QED) is 0.0238. The molecule has 0 aliphatic heterocycles. The molecule has 0 radical (unpaired) electrons. The Morgan fingerprint density at radius 3 is 1.37 bits per heavy atom. The molecule has 2 atom stereocenters. The summed E-state index contributed by atoms with van der Waals surface area (Å²) in [5, 5.41) is 12.7. The Hall–Kier alpha value is -2.81. The zero-order valence-corrected chi connectivity index (χ0v) is 40.9. The summed E-state index contributed by atoms with van der Waals surface area (Å²) < 4.78 is 27.0. The number of ether oxygens (including phenoxy) is 1. The van der Waals surface area contributed by atoms with Gasteiger partial charge in [-0.1, -0.05) is 189 Å². The molecule has 0 aromatic heterocycles. The highest BCUT2D eigenvalue weighted by Gasteiger charge is 2.23. The van der Waals surface area contributed by atoms with Gasteiger partial charge in [0.2, 0.25) is 5.91 Å². The summed E-state index contributed by atoms with van der Waals surface area (Å²) in [6, 6.07) is 0. The molecule has 0 saturated carbocycles. The summed E-state index contributed by atoms with van der Waals surface area (Å²) in [7, 11) is -4.43. The van der Waals surface area contributed by atoms with Crippen LogP contribution in [0.1, 0.15) is 206 Å². The smallest absolute Gasteiger partial charge is 0.463 e.